The summed E-state index contributed by atoms with van der Waals surface area (Å²) in [5.74, 6) is 0. The van der Waals surface area contributed by atoms with E-state index in [-0.39, 0.29) is 11.5 Å². The van der Waals surface area contributed by atoms with Crippen molar-refractivity contribution < 1.29 is 4.84 Å². The third kappa shape index (κ3) is 1.68. The summed E-state index contributed by atoms with van der Waals surface area (Å²) in [5.41, 5.74) is 9.33. The molecule has 4 nitrogen and oxygen atoms in total. The molecule has 1 aliphatic heterocycles. The first-order valence-corrected chi connectivity index (χ1v) is 6.23. The van der Waals surface area contributed by atoms with Crippen molar-refractivity contribution in [1.29, 1.82) is 0 Å². The molecule has 0 amide bonds. The van der Waals surface area contributed by atoms with Crippen molar-refractivity contribution in [2.75, 3.05) is 20.2 Å². The fraction of sp³-hybridized carbons (Fsp3) is 0.615. The molecular weight excluding hydrogens is 214 g/mol. The van der Waals surface area contributed by atoms with Crippen LogP contribution in [-0.2, 0) is 11.3 Å². The summed E-state index contributed by atoms with van der Waals surface area (Å²) in [6.45, 7) is 1.96. The number of piperidine rings is 1. The lowest BCUT2D eigenvalue weighted by Crippen LogP contribution is -2.43. The van der Waals surface area contributed by atoms with Crippen LogP contribution < -0.4 is 5.73 Å². The predicted molar refractivity (Wildman–Crippen MR) is 65.1 cm³/mol. The van der Waals surface area contributed by atoms with Gasteiger partial charge in [0.15, 0.2) is 0 Å². The molecule has 1 aliphatic carbocycles. The maximum absolute atomic E-state index is 6.46. The van der Waals surface area contributed by atoms with Gasteiger partial charge < -0.3 is 10.6 Å². The number of hydroxylamine groups is 2. The number of nitrogens with two attached hydrogens (primary N) is 1. The van der Waals surface area contributed by atoms with Crippen LogP contribution >= 0.6 is 0 Å². The summed E-state index contributed by atoms with van der Waals surface area (Å²) in [5, 5.41) is 2.03. The van der Waals surface area contributed by atoms with Crippen LogP contribution in [0, 0.1) is 5.41 Å². The van der Waals surface area contributed by atoms with Crippen molar-refractivity contribution in [3.05, 3.63) is 29.6 Å². The van der Waals surface area contributed by atoms with Gasteiger partial charge in [0.1, 0.15) is 0 Å². The van der Waals surface area contributed by atoms with E-state index in [1.807, 2.05) is 17.5 Å². The summed E-state index contributed by atoms with van der Waals surface area (Å²) in [7, 11) is 1.74. The van der Waals surface area contributed by atoms with E-state index in [1.165, 1.54) is 11.1 Å². The molecule has 1 spiro atoms. The van der Waals surface area contributed by atoms with Crippen molar-refractivity contribution in [3.8, 4) is 0 Å². The molecule has 1 aromatic rings. The number of pyridine rings is 1. The minimum atomic E-state index is 0.166. The first-order valence-electron chi connectivity index (χ1n) is 6.23. The number of hydrogen-bond donors (Lipinski definition) is 1. The Balaban J connectivity index is 1.84. The molecule has 1 fully saturated rings. The highest BCUT2D eigenvalue weighted by Crippen LogP contribution is 2.50. The van der Waals surface area contributed by atoms with E-state index in [4.69, 9.17) is 10.6 Å². The number of fused-ring (bicyclic) bond motifs is 1. The van der Waals surface area contributed by atoms with E-state index in [2.05, 4.69) is 11.1 Å². The van der Waals surface area contributed by atoms with Crippen LogP contribution in [-0.4, -0.2) is 30.2 Å². The number of nitrogens with zero attached hydrogens (tertiary/aromatic N) is 2. The second-order valence-electron chi connectivity index (χ2n) is 5.20. The van der Waals surface area contributed by atoms with Gasteiger partial charge in [0.2, 0.25) is 0 Å². The van der Waals surface area contributed by atoms with Gasteiger partial charge in [0.05, 0.1) is 7.11 Å². The van der Waals surface area contributed by atoms with Gasteiger partial charge in [-0.3, -0.25) is 4.98 Å². The van der Waals surface area contributed by atoms with Gasteiger partial charge in [-0.25, -0.2) is 0 Å². The summed E-state index contributed by atoms with van der Waals surface area (Å²) in [4.78, 5) is 9.50. The molecule has 2 N–H and O–H groups in total. The lowest BCUT2D eigenvalue weighted by atomic mass is 9.73. The van der Waals surface area contributed by atoms with Gasteiger partial charge >= 0.3 is 0 Å². The molecule has 92 valence electrons. The van der Waals surface area contributed by atoms with Crippen LogP contribution in [0.2, 0.25) is 0 Å². The minimum absolute atomic E-state index is 0.166. The minimum Gasteiger partial charge on any atom is -0.323 e. The number of rotatable bonds is 1. The number of aromatic nitrogens is 1. The Hall–Kier alpha value is -0.970. The maximum Gasteiger partial charge on any atom is 0.0575 e. The topological polar surface area (TPSA) is 51.4 Å². The second-order valence-corrected chi connectivity index (χ2v) is 5.20. The van der Waals surface area contributed by atoms with Crippen molar-refractivity contribution >= 4 is 0 Å². The van der Waals surface area contributed by atoms with Crippen molar-refractivity contribution in [2.24, 2.45) is 11.1 Å². The van der Waals surface area contributed by atoms with Gasteiger partial charge in [-0.05, 0) is 41.9 Å². The highest BCUT2D eigenvalue weighted by molar-refractivity contribution is 5.35. The summed E-state index contributed by atoms with van der Waals surface area (Å²) in [6, 6.07) is 2.25. The molecule has 4 heteroatoms. The lowest BCUT2D eigenvalue weighted by Gasteiger charge is -2.41. The van der Waals surface area contributed by atoms with Gasteiger partial charge in [0, 0.05) is 31.5 Å². The fourth-order valence-corrected chi connectivity index (χ4v) is 3.31. The van der Waals surface area contributed by atoms with Crippen molar-refractivity contribution in [1.82, 2.24) is 10.0 Å². The Bertz CT molecular complexity index is 413. The van der Waals surface area contributed by atoms with E-state index in [9.17, 15) is 0 Å². The zero-order valence-corrected chi connectivity index (χ0v) is 10.2. The molecule has 0 radical (unpaired) electrons. The van der Waals surface area contributed by atoms with Gasteiger partial charge in [-0.15, -0.1) is 0 Å². The molecule has 0 aromatic carbocycles. The third-order valence-electron chi connectivity index (χ3n) is 4.46. The Labute approximate surface area is 102 Å². The average Bonchev–Trinajstić information content (AvgIpc) is 2.65. The molecule has 1 unspecified atom stereocenters. The highest BCUT2D eigenvalue weighted by Gasteiger charge is 2.45. The predicted octanol–water partition coefficient (Wildman–Crippen LogP) is 1.28. The third-order valence-corrected chi connectivity index (χ3v) is 4.46. The molecular formula is C13H19N3O. The van der Waals surface area contributed by atoms with E-state index < -0.39 is 0 Å². The molecule has 2 heterocycles. The molecule has 0 bridgehead atoms. The maximum atomic E-state index is 6.46. The largest absolute Gasteiger partial charge is 0.323 e. The summed E-state index contributed by atoms with van der Waals surface area (Å²) < 4.78 is 0. The van der Waals surface area contributed by atoms with Crippen LogP contribution in [0.25, 0.3) is 0 Å². The molecule has 1 saturated heterocycles. The molecule has 0 saturated carbocycles. The van der Waals surface area contributed by atoms with E-state index in [0.29, 0.717) is 0 Å². The molecule has 1 aromatic heterocycles. The average molecular weight is 233 g/mol. The molecule has 3 rings (SSSR count). The van der Waals surface area contributed by atoms with Crippen LogP contribution in [0.3, 0.4) is 0 Å². The van der Waals surface area contributed by atoms with Gasteiger partial charge in [-0.1, -0.05) is 0 Å². The second kappa shape index (κ2) is 4.05. The fourth-order valence-electron chi connectivity index (χ4n) is 3.31. The van der Waals surface area contributed by atoms with E-state index in [0.717, 1.165) is 32.4 Å². The zero-order valence-electron chi connectivity index (χ0n) is 10.2. The summed E-state index contributed by atoms with van der Waals surface area (Å²) in [6.07, 6.45) is 7.12. The smallest absolute Gasteiger partial charge is 0.0575 e. The van der Waals surface area contributed by atoms with Crippen molar-refractivity contribution in [2.45, 2.75) is 25.3 Å². The lowest BCUT2D eigenvalue weighted by molar-refractivity contribution is -0.160. The standard InChI is InChI=1S/C13H19N3O/c1-17-16-6-3-13(4-7-16)8-10-9-15-5-2-11(10)12(13)14/h2,5,9,12H,3-4,6-8,14H2,1H3. The Morgan fingerprint density at radius 1 is 1.47 bits per heavy atom. The Kier molecular flexibility index (Phi) is 2.65. The monoisotopic (exact) mass is 233 g/mol. The van der Waals surface area contributed by atoms with Crippen LogP contribution in [0.4, 0.5) is 0 Å². The molecule has 2 aliphatic rings. The van der Waals surface area contributed by atoms with Gasteiger partial charge in [-0.2, -0.15) is 5.06 Å². The quantitative estimate of drug-likeness (QED) is 0.794. The SMILES string of the molecule is CON1CCC2(CC1)Cc1cnccc1C2N. The zero-order chi connectivity index (χ0) is 11.9. The highest BCUT2D eigenvalue weighted by atomic mass is 16.7. The van der Waals surface area contributed by atoms with Gasteiger partial charge in [0.25, 0.3) is 0 Å². The summed E-state index contributed by atoms with van der Waals surface area (Å²) >= 11 is 0. The van der Waals surface area contributed by atoms with E-state index in [1.54, 1.807) is 7.11 Å². The van der Waals surface area contributed by atoms with Crippen LogP contribution in [0.5, 0.6) is 0 Å². The number of hydrogen-bond acceptors (Lipinski definition) is 4. The first-order chi connectivity index (χ1) is 8.25. The van der Waals surface area contributed by atoms with Crippen LogP contribution in [0.1, 0.15) is 30.0 Å². The Morgan fingerprint density at radius 3 is 2.88 bits per heavy atom. The van der Waals surface area contributed by atoms with Crippen molar-refractivity contribution in [3.63, 3.8) is 0 Å². The molecule has 17 heavy (non-hydrogen) atoms. The normalized spacial score (nSPS) is 27.3. The Morgan fingerprint density at radius 2 is 2.24 bits per heavy atom. The molecule has 1 atom stereocenters. The first kappa shape index (κ1) is 11.1. The van der Waals surface area contributed by atoms with E-state index >= 15 is 0 Å². The van der Waals surface area contributed by atoms with Crippen LogP contribution in [0.15, 0.2) is 18.5 Å².